The number of carbonyl (C=O) groups is 1. The van der Waals surface area contributed by atoms with Gasteiger partial charge in [0.25, 0.3) is 11.6 Å². The Morgan fingerprint density at radius 2 is 2.15 bits per heavy atom. The van der Waals surface area contributed by atoms with E-state index in [-0.39, 0.29) is 22.8 Å². The fourth-order valence-corrected chi connectivity index (χ4v) is 4.31. The van der Waals surface area contributed by atoms with Crippen molar-refractivity contribution in [3.05, 3.63) is 39.9 Å². The number of nitrogens with zero attached hydrogens (tertiary/aromatic N) is 1. The van der Waals surface area contributed by atoms with Crippen LogP contribution in [0.15, 0.2) is 24.3 Å². The first-order chi connectivity index (χ1) is 9.21. The SMILES string of the molecule is C[C@@]1(NC(=O)c2cccc([N+](=O)[O-])c2)CCS(=O)(=O)C1. The van der Waals surface area contributed by atoms with Crippen LogP contribution in [0.1, 0.15) is 23.7 Å². The van der Waals surface area contributed by atoms with E-state index in [2.05, 4.69) is 5.32 Å². The van der Waals surface area contributed by atoms with Crippen molar-refractivity contribution in [2.75, 3.05) is 11.5 Å². The third-order valence-corrected chi connectivity index (χ3v) is 5.14. The molecule has 0 saturated carbocycles. The summed E-state index contributed by atoms with van der Waals surface area (Å²) in [6.07, 6.45) is 0.343. The van der Waals surface area contributed by atoms with Crippen molar-refractivity contribution in [2.24, 2.45) is 0 Å². The minimum Gasteiger partial charge on any atom is -0.346 e. The highest BCUT2D eigenvalue weighted by Crippen LogP contribution is 2.23. The van der Waals surface area contributed by atoms with E-state index in [1.54, 1.807) is 6.92 Å². The van der Waals surface area contributed by atoms with Crippen molar-refractivity contribution in [3.63, 3.8) is 0 Å². The number of nitro groups is 1. The molecule has 1 aromatic rings. The quantitative estimate of drug-likeness (QED) is 0.659. The van der Waals surface area contributed by atoms with E-state index in [0.717, 1.165) is 0 Å². The average Bonchev–Trinajstić information content (AvgIpc) is 2.63. The summed E-state index contributed by atoms with van der Waals surface area (Å²) in [5.74, 6) is -0.576. The van der Waals surface area contributed by atoms with Gasteiger partial charge >= 0.3 is 0 Å². The van der Waals surface area contributed by atoms with Crippen molar-refractivity contribution in [1.29, 1.82) is 0 Å². The zero-order valence-electron chi connectivity index (χ0n) is 10.8. The third-order valence-electron chi connectivity index (χ3n) is 3.24. The highest BCUT2D eigenvalue weighted by atomic mass is 32.2. The standard InChI is InChI=1S/C12H14N2O5S/c1-12(5-6-20(18,19)8-12)13-11(15)9-3-2-4-10(7-9)14(16)17/h2-4,7H,5-6,8H2,1H3,(H,13,15)/t12-/m1/s1. The van der Waals surface area contributed by atoms with E-state index in [0.29, 0.717) is 6.42 Å². The number of rotatable bonds is 3. The highest BCUT2D eigenvalue weighted by molar-refractivity contribution is 7.91. The predicted octanol–water partition coefficient (Wildman–Crippen LogP) is 0.902. The summed E-state index contributed by atoms with van der Waals surface area (Å²) in [5, 5.41) is 13.3. The van der Waals surface area contributed by atoms with Gasteiger partial charge in [0, 0.05) is 17.7 Å². The Labute approximate surface area is 116 Å². The number of nitro benzene ring substituents is 1. The fourth-order valence-electron chi connectivity index (χ4n) is 2.22. The van der Waals surface area contributed by atoms with E-state index >= 15 is 0 Å². The van der Waals surface area contributed by atoms with Crippen molar-refractivity contribution >= 4 is 21.4 Å². The van der Waals surface area contributed by atoms with Crippen molar-refractivity contribution < 1.29 is 18.1 Å². The van der Waals surface area contributed by atoms with Crippen LogP contribution >= 0.6 is 0 Å². The van der Waals surface area contributed by atoms with Gasteiger partial charge in [0.1, 0.15) is 0 Å². The molecule has 1 aliphatic rings. The Bertz CT molecular complexity index is 670. The van der Waals surface area contributed by atoms with Gasteiger partial charge in [-0.1, -0.05) is 6.07 Å². The van der Waals surface area contributed by atoms with Crippen LogP contribution in [0.3, 0.4) is 0 Å². The largest absolute Gasteiger partial charge is 0.346 e. The molecule has 0 aliphatic carbocycles. The van der Waals surface area contributed by atoms with Gasteiger partial charge in [0.15, 0.2) is 9.84 Å². The van der Waals surface area contributed by atoms with E-state index in [9.17, 15) is 23.3 Å². The van der Waals surface area contributed by atoms with Gasteiger partial charge in [0.05, 0.1) is 22.0 Å². The Hall–Kier alpha value is -1.96. The molecule has 1 aromatic carbocycles. The molecule has 0 bridgehead atoms. The molecule has 0 unspecified atom stereocenters. The molecule has 1 atom stereocenters. The maximum atomic E-state index is 12.1. The normalized spacial score (nSPS) is 24.2. The number of nitrogens with one attached hydrogen (secondary N) is 1. The minimum absolute atomic E-state index is 0.0404. The Balaban J connectivity index is 2.17. The number of amides is 1. The maximum Gasteiger partial charge on any atom is 0.270 e. The molecule has 8 heteroatoms. The lowest BCUT2D eigenvalue weighted by atomic mass is 10.0. The molecule has 1 N–H and O–H groups in total. The van der Waals surface area contributed by atoms with Crippen molar-refractivity contribution in [2.45, 2.75) is 18.9 Å². The summed E-state index contributed by atoms with van der Waals surface area (Å²) in [5.41, 5.74) is -0.854. The molecule has 0 aromatic heterocycles. The number of benzene rings is 1. The van der Waals surface area contributed by atoms with Gasteiger partial charge in [0.2, 0.25) is 0 Å². The first kappa shape index (κ1) is 14.4. The molecule has 108 valence electrons. The van der Waals surface area contributed by atoms with Crippen LogP contribution in [-0.2, 0) is 9.84 Å². The van der Waals surface area contributed by atoms with Gasteiger partial charge in [-0.25, -0.2) is 8.42 Å². The number of hydrogen-bond acceptors (Lipinski definition) is 5. The second-order valence-corrected chi connectivity index (χ2v) is 7.35. The first-order valence-electron chi connectivity index (χ1n) is 5.98. The summed E-state index contributed by atoms with van der Waals surface area (Å²) >= 11 is 0. The summed E-state index contributed by atoms with van der Waals surface area (Å²) in [6, 6.07) is 5.33. The van der Waals surface area contributed by atoms with Crippen LogP contribution in [0.5, 0.6) is 0 Å². The topological polar surface area (TPSA) is 106 Å². The molecular weight excluding hydrogens is 284 g/mol. The molecule has 20 heavy (non-hydrogen) atoms. The molecule has 2 rings (SSSR count). The van der Waals surface area contributed by atoms with E-state index in [1.807, 2.05) is 0 Å². The molecule has 0 radical (unpaired) electrons. The Morgan fingerprint density at radius 3 is 2.70 bits per heavy atom. The van der Waals surface area contributed by atoms with Gasteiger partial charge in [-0.3, -0.25) is 14.9 Å². The van der Waals surface area contributed by atoms with Crippen LogP contribution in [0.2, 0.25) is 0 Å². The molecule has 7 nitrogen and oxygen atoms in total. The Kier molecular flexibility index (Phi) is 3.51. The zero-order chi connectivity index (χ0) is 15.0. The number of non-ortho nitro benzene ring substituents is 1. The van der Waals surface area contributed by atoms with E-state index in [4.69, 9.17) is 0 Å². The zero-order valence-corrected chi connectivity index (χ0v) is 11.6. The average molecular weight is 298 g/mol. The van der Waals surface area contributed by atoms with Crippen LogP contribution in [-0.4, -0.2) is 36.3 Å². The number of hydrogen-bond donors (Lipinski definition) is 1. The second-order valence-electron chi connectivity index (χ2n) is 5.16. The lowest BCUT2D eigenvalue weighted by molar-refractivity contribution is -0.384. The van der Waals surface area contributed by atoms with Gasteiger partial charge in [-0.2, -0.15) is 0 Å². The highest BCUT2D eigenvalue weighted by Gasteiger charge is 2.39. The first-order valence-corrected chi connectivity index (χ1v) is 7.80. The number of carbonyl (C=O) groups excluding carboxylic acids is 1. The van der Waals surface area contributed by atoms with Gasteiger partial charge in [-0.15, -0.1) is 0 Å². The lowest BCUT2D eigenvalue weighted by Gasteiger charge is -2.23. The summed E-state index contributed by atoms with van der Waals surface area (Å²) < 4.78 is 22.9. The molecule has 1 fully saturated rings. The smallest absolute Gasteiger partial charge is 0.270 e. The van der Waals surface area contributed by atoms with Crippen molar-refractivity contribution in [1.82, 2.24) is 5.32 Å². The van der Waals surface area contributed by atoms with E-state index in [1.165, 1.54) is 24.3 Å². The van der Waals surface area contributed by atoms with Crippen LogP contribution < -0.4 is 5.32 Å². The monoisotopic (exact) mass is 298 g/mol. The van der Waals surface area contributed by atoms with Gasteiger partial charge < -0.3 is 5.32 Å². The van der Waals surface area contributed by atoms with Crippen LogP contribution in [0.4, 0.5) is 5.69 Å². The minimum atomic E-state index is -3.13. The Morgan fingerprint density at radius 1 is 1.45 bits per heavy atom. The summed E-state index contributed by atoms with van der Waals surface area (Å²) in [6.45, 7) is 1.66. The maximum absolute atomic E-state index is 12.1. The molecule has 0 spiro atoms. The third kappa shape index (κ3) is 3.13. The predicted molar refractivity (Wildman–Crippen MR) is 72.2 cm³/mol. The molecular formula is C12H14N2O5S. The van der Waals surface area contributed by atoms with Crippen molar-refractivity contribution in [3.8, 4) is 0 Å². The molecule has 1 aliphatic heterocycles. The van der Waals surface area contributed by atoms with Gasteiger partial charge in [-0.05, 0) is 19.4 Å². The second kappa shape index (κ2) is 4.86. The van der Waals surface area contributed by atoms with Crippen LogP contribution in [0, 0.1) is 10.1 Å². The number of sulfone groups is 1. The lowest BCUT2D eigenvalue weighted by Crippen LogP contribution is -2.46. The molecule has 1 amide bonds. The fraction of sp³-hybridized carbons (Fsp3) is 0.417. The van der Waals surface area contributed by atoms with Crippen LogP contribution in [0.25, 0.3) is 0 Å². The summed E-state index contributed by atoms with van der Waals surface area (Å²) in [4.78, 5) is 22.1. The molecule has 1 saturated heterocycles. The van der Waals surface area contributed by atoms with E-state index < -0.39 is 26.2 Å². The summed E-state index contributed by atoms with van der Waals surface area (Å²) in [7, 11) is -3.13. The molecule has 1 heterocycles.